The van der Waals surface area contributed by atoms with Gasteiger partial charge in [0.1, 0.15) is 18.5 Å². The molecule has 1 aliphatic heterocycles. The molecule has 2 aliphatic rings. The maximum atomic E-state index is 5.86. The second-order valence-electron chi connectivity index (χ2n) is 5.41. The number of hydrogen-bond donors (Lipinski definition) is 0. The molecule has 2 unspecified atom stereocenters. The van der Waals surface area contributed by atoms with Crippen molar-refractivity contribution >= 4 is 5.57 Å². The van der Waals surface area contributed by atoms with Crippen LogP contribution in [0.15, 0.2) is 42.5 Å². The molecule has 1 aliphatic carbocycles. The first-order valence-corrected chi connectivity index (χ1v) is 7.72. The normalized spacial score (nSPS) is 24.9. The summed E-state index contributed by atoms with van der Waals surface area (Å²) in [5, 5.41) is 0. The molecule has 0 radical (unpaired) electrons. The predicted molar refractivity (Wildman–Crippen MR) is 83.2 cm³/mol. The zero-order valence-corrected chi connectivity index (χ0v) is 12.5. The zero-order chi connectivity index (χ0) is 14.5. The summed E-state index contributed by atoms with van der Waals surface area (Å²) in [5.74, 6) is 0.885. The molecular formula is C18H22O3. The molecule has 3 nitrogen and oxygen atoms in total. The van der Waals surface area contributed by atoms with Crippen molar-refractivity contribution in [2.75, 3.05) is 13.2 Å². The van der Waals surface area contributed by atoms with Gasteiger partial charge in [0.15, 0.2) is 6.29 Å². The van der Waals surface area contributed by atoms with Gasteiger partial charge in [0.05, 0.1) is 6.61 Å². The van der Waals surface area contributed by atoms with Gasteiger partial charge in [0.25, 0.3) is 0 Å². The first-order valence-electron chi connectivity index (χ1n) is 7.72. The van der Waals surface area contributed by atoms with E-state index < -0.39 is 0 Å². The second-order valence-corrected chi connectivity index (χ2v) is 5.41. The third kappa shape index (κ3) is 3.74. The van der Waals surface area contributed by atoms with E-state index in [-0.39, 0.29) is 12.4 Å². The van der Waals surface area contributed by atoms with Crippen molar-refractivity contribution in [1.82, 2.24) is 0 Å². The average Bonchev–Trinajstić information content (AvgIpc) is 3.02. The molecule has 0 spiro atoms. The SMILES string of the molecule is CCC1OCC(COc2cccc(C3=CCCC=C3)c2)O1. The summed E-state index contributed by atoms with van der Waals surface area (Å²) in [7, 11) is 0. The third-order valence-electron chi connectivity index (χ3n) is 3.74. The van der Waals surface area contributed by atoms with E-state index in [0.717, 1.165) is 25.0 Å². The van der Waals surface area contributed by atoms with Crippen molar-refractivity contribution in [2.45, 2.75) is 38.6 Å². The fourth-order valence-electron chi connectivity index (χ4n) is 2.59. The minimum atomic E-state index is -0.0672. The fourth-order valence-corrected chi connectivity index (χ4v) is 2.59. The lowest BCUT2D eigenvalue weighted by atomic mass is 9.99. The summed E-state index contributed by atoms with van der Waals surface area (Å²) in [4.78, 5) is 0. The highest BCUT2D eigenvalue weighted by atomic mass is 16.7. The van der Waals surface area contributed by atoms with Crippen LogP contribution in [-0.2, 0) is 9.47 Å². The van der Waals surface area contributed by atoms with Crippen LogP contribution in [0.3, 0.4) is 0 Å². The first-order chi connectivity index (χ1) is 10.3. The molecule has 1 heterocycles. The van der Waals surface area contributed by atoms with E-state index >= 15 is 0 Å². The van der Waals surface area contributed by atoms with Crippen LogP contribution in [0.1, 0.15) is 31.7 Å². The highest BCUT2D eigenvalue weighted by Crippen LogP contribution is 2.25. The Morgan fingerprint density at radius 1 is 1.29 bits per heavy atom. The van der Waals surface area contributed by atoms with Crippen molar-refractivity contribution in [1.29, 1.82) is 0 Å². The van der Waals surface area contributed by atoms with Crippen molar-refractivity contribution in [2.24, 2.45) is 0 Å². The predicted octanol–water partition coefficient (Wildman–Crippen LogP) is 3.95. The van der Waals surface area contributed by atoms with Gasteiger partial charge in [-0.2, -0.15) is 0 Å². The summed E-state index contributed by atoms with van der Waals surface area (Å²) >= 11 is 0. The number of benzene rings is 1. The van der Waals surface area contributed by atoms with Gasteiger partial charge >= 0.3 is 0 Å². The van der Waals surface area contributed by atoms with Crippen molar-refractivity contribution in [3.8, 4) is 5.75 Å². The van der Waals surface area contributed by atoms with Gasteiger partial charge in [-0.05, 0) is 42.5 Å². The fraction of sp³-hybridized carbons (Fsp3) is 0.444. The molecule has 112 valence electrons. The molecule has 0 bridgehead atoms. The van der Waals surface area contributed by atoms with Gasteiger partial charge in [0, 0.05) is 0 Å². The molecule has 0 aromatic heterocycles. The lowest BCUT2D eigenvalue weighted by Gasteiger charge is -2.13. The van der Waals surface area contributed by atoms with Crippen LogP contribution in [0, 0.1) is 0 Å². The molecule has 0 saturated carbocycles. The van der Waals surface area contributed by atoms with Gasteiger partial charge in [0.2, 0.25) is 0 Å². The molecular weight excluding hydrogens is 264 g/mol. The lowest BCUT2D eigenvalue weighted by Crippen LogP contribution is -2.20. The monoisotopic (exact) mass is 286 g/mol. The van der Waals surface area contributed by atoms with E-state index in [0.29, 0.717) is 13.2 Å². The molecule has 0 amide bonds. The van der Waals surface area contributed by atoms with E-state index in [9.17, 15) is 0 Å². The van der Waals surface area contributed by atoms with Crippen LogP contribution in [0.5, 0.6) is 5.75 Å². The average molecular weight is 286 g/mol. The molecule has 2 atom stereocenters. The van der Waals surface area contributed by atoms with Crippen molar-refractivity contribution < 1.29 is 14.2 Å². The molecule has 1 aromatic rings. The molecule has 3 rings (SSSR count). The number of hydrogen-bond acceptors (Lipinski definition) is 3. The smallest absolute Gasteiger partial charge is 0.158 e. The summed E-state index contributed by atoms with van der Waals surface area (Å²) in [6, 6.07) is 8.24. The van der Waals surface area contributed by atoms with E-state index in [1.165, 1.54) is 11.1 Å². The van der Waals surface area contributed by atoms with Crippen LogP contribution in [0.25, 0.3) is 5.57 Å². The van der Waals surface area contributed by atoms with E-state index in [1.807, 2.05) is 12.1 Å². The Balaban J connectivity index is 1.59. The Kier molecular flexibility index (Phi) is 4.73. The van der Waals surface area contributed by atoms with Crippen molar-refractivity contribution in [3.05, 3.63) is 48.1 Å². The Hall–Kier alpha value is -1.58. The quantitative estimate of drug-likeness (QED) is 0.820. The standard InChI is InChI=1S/C18H22O3/c1-2-18-20-13-17(21-18)12-19-16-10-6-9-15(11-16)14-7-4-3-5-8-14/h4,6-11,17-18H,2-3,5,12-13H2,1H3. The Morgan fingerprint density at radius 3 is 3.00 bits per heavy atom. The van der Waals surface area contributed by atoms with Gasteiger partial charge < -0.3 is 14.2 Å². The molecule has 1 fully saturated rings. The van der Waals surface area contributed by atoms with Gasteiger partial charge in [-0.1, -0.05) is 37.3 Å². The maximum absolute atomic E-state index is 5.86. The van der Waals surface area contributed by atoms with Crippen LogP contribution in [-0.4, -0.2) is 25.6 Å². The number of allylic oxidation sites excluding steroid dienone is 4. The van der Waals surface area contributed by atoms with Crippen LogP contribution in [0.2, 0.25) is 0 Å². The first kappa shape index (κ1) is 14.4. The Bertz CT molecular complexity index is 533. The van der Waals surface area contributed by atoms with Gasteiger partial charge in [-0.15, -0.1) is 0 Å². The minimum absolute atomic E-state index is 0.0346. The molecule has 1 saturated heterocycles. The lowest BCUT2D eigenvalue weighted by molar-refractivity contribution is -0.0642. The Labute approximate surface area is 126 Å². The second kappa shape index (κ2) is 6.92. The van der Waals surface area contributed by atoms with Gasteiger partial charge in [-0.25, -0.2) is 0 Å². The van der Waals surface area contributed by atoms with Crippen LogP contribution in [0.4, 0.5) is 0 Å². The van der Waals surface area contributed by atoms with Crippen LogP contribution >= 0.6 is 0 Å². The summed E-state index contributed by atoms with van der Waals surface area (Å²) in [6.45, 7) is 3.21. The maximum Gasteiger partial charge on any atom is 0.158 e. The topological polar surface area (TPSA) is 27.7 Å². The van der Waals surface area contributed by atoms with E-state index in [2.05, 4.69) is 37.3 Å². The molecule has 0 N–H and O–H groups in total. The largest absolute Gasteiger partial charge is 0.491 e. The molecule has 3 heteroatoms. The Morgan fingerprint density at radius 2 is 2.24 bits per heavy atom. The summed E-state index contributed by atoms with van der Waals surface area (Å²) in [6.07, 6.45) is 9.78. The third-order valence-corrected chi connectivity index (χ3v) is 3.74. The van der Waals surface area contributed by atoms with Gasteiger partial charge in [-0.3, -0.25) is 0 Å². The molecule has 21 heavy (non-hydrogen) atoms. The summed E-state index contributed by atoms with van der Waals surface area (Å²) < 4.78 is 17.1. The number of ether oxygens (including phenoxy) is 3. The highest BCUT2D eigenvalue weighted by Gasteiger charge is 2.24. The zero-order valence-electron chi connectivity index (χ0n) is 12.5. The van der Waals surface area contributed by atoms with Crippen LogP contribution < -0.4 is 4.74 Å². The number of rotatable bonds is 5. The van der Waals surface area contributed by atoms with Crippen molar-refractivity contribution in [3.63, 3.8) is 0 Å². The van der Waals surface area contributed by atoms with E-state index in [4.69, 9.17) is 14.2 Å². The minimum Gasteiger partial charge on any atom is -0.491 e. The molecule has 1 aromatic carbocycles. The summed E-state index contributed by atoms with van der Waals surface area (Å²) in [5.41, 5.74) is 2.48. The van der Waals surface area contributed by atoms with E-state index in [1.54, 1.807) is 0 Å². The highest BCUT2D eigenvalue weighted by molar-refractivity contribution is 5.75.